The molecule has 1 rings (SSSR count). The maximum atomic E-state index is 10.5. The highest BCUT2D eigenvalue weighted by molar-refractivity contribution is 6.46. The number of allylic oxidation sites excluding steroid dienone is 2. The predicted octanol–water partition coefficient (Wildman–Crippen LogP) is -1.64. The number of hydrogen-bond acceptors (Lipinski definition) is 2. The molecule has 40 valence electrons. The van der Waals surface area contributed by atoms with Crippen molar-refractivity contribution < 1.29 is 9.90 Å². The Kier molecular flexibility index (Phi) is 1.24. The molecule has 0 saturated heterocycles. The number of carbonyl (C=O) groups excluding carboxylic acids is 1. The van der Waals surface area contributed by atoms with Crippen molar-refractivity contribution in [2.24, 2.45) is 0 Å². The third kappa shape index (κ3) is 0.626. The van der Waals surface area contributed by atoms with Crippen molar-refractivity contribution >= 4 is 21.5 Å². The molecule has 0 atom stereocenters. The lowest BCUT2D eigenvalue weighted by Crippen LogP contribution is -2.30. The Morgan fingerprint density at radius 2 is 2.11 bits per heavy atom. The molecule has 0 heterocycles. The average Bonchev–Trinajstić information content (AvgIpc) is 1.89. The summed E-state index contributed by atoms with van der Waals surface area (Å²) in [6.45, 7) is 0. The third-order valence-corrected chi connectivity index (χ3v) is 1.15. The Labute approximate surface area is 55.1 Å². The fourth-order valence-corrected chi connectivity index (χ4v) is 0.585. The normalized spacial score (nSPS) is 22.7. The van der Waals surface area contributed by atoms with E-state index in [1.165, 1.54) is 0 Å². The van der Waals surface area contributed by atoms with Crippen molar-refractivity contribution in [1.82, 2.24) is 0 Å². The van der Waals surface area contributed by atoms with Gasteiger partial charge in [-0.3, -0.25) is 4.79 Å². The number of hydrogen-bond donors (Lipinski definition) is 0. The predicted molar refractivity (Wildman–Crippen MR) is 31.6 cm³/mol. The molecule has 0 aromatic carbocycles. The topological polar surface area (TPSA) is 40.1 Å². The van der Waals surface area contributed by atoms with Gasteiger partial charge in [-0.05, 0) is 5.57 Å². The van der Waals surface area contributed by atoms with Crippen LogP contribution in [0.3, 0.4) is 0 Å². The van der Waals surface area contributed by atoms with Crippen LogP contribution in [0.4, 0.5) is 0 Å². The van der Waals surface area contributed by atoms with Crippen LogP contribution in [-0.2, 0) is 4.79 Å². The average molecular weight is 115 g/mol. The zero-order valence-electron chi connectivity index (χ0n) is 4.55. The molecule has 0 fully saturated rings. The molecule has 1 aliphatic carbocycles. The highest BCUT2D eigenvalue weighted by atomic mass is 16.3. The molecule has 0 aromatic heterocycles. The number of ketones is 1. The van der Waals surface area contributed by atoms with E-state index in [0.717, 1.165) is 5.98 Å². The van der Waals surface area contributed by atoms with E-state index in [1.54, 1.807) is 0 Å². The van der Waals surface area contributed by atoms with Gasteiger partial charge in [0.1, 0.15) is 15.7 Å². The van der Waals surface area contributed by atoms with Gasteiger partial charge in [0.2, 0.25) is 0 Å². The summed E-state index contributed by atoms with van der Waals surface area (Å²) in [5, 5.41) is 10.5. The number of carbonyl (C=O) groups is 1. The molecule has 0 unspecified atom stereocenters. The highest BCUT2D eigenvalue weighted by Crippen LogP contribution is 2.21. The van der Waals surface area contributed by atoms with E-state index in [0.29, 0.717) is 0 Å². The van der Waals surface area contributed by atoms with Crippen LogP contribution < -0.4 is 5.11 Å². The minimum atomic E-state index is -0.442. The van der Waals surface area contributed by atoms with E-state index in [2.05, 4.69) is 0 Å². The summed E-state index contributed by atoms with van der Waals surface area (Å²) in [5.74, 6) is 0.0890. The molecule has 0 aromatic rings. The molecule has 0 aliphatic heterocycles. The van der Waals surface area contributed by atoms with Crippen molar-refractivity contribution in [3.05, 3.63) is 22.8 Å². The number of rotatable bonds is 0. The lowest BCUT2D eigenvalue weighted by atomic mass is 9.74. The summed E-state index contributed by atoms with van der Waals surface area (Å²) in [5.41, 5.74) is -0.223. The molecule has 0 N–H and O–H groups in total. The summed E-state index contributed by atoms with van der Waals surface area (Å²) < 4.78 is 0. The van der Waals surface area contributed by atoms with Crippen molar-refractivity contribution in [1.29, 1.82) is 0 Å². The lowest BCUT2D eigenvalue weighted by molar-refractivity contribution is -0.300. The van der Waals surface area contributed by atoms with Crippen LogP contribution in [0.15, 0.2) is 22.8 Å². The van der Waals surface area contributed by atoms with Crippen LogP contribution in [0.25, 0.3) is 0 Å². The van der Waals surface area contributed by atoms with Gasteiger partial charge in [0.15, 0.2) is 5.78 Å². The summed E-state index contributed by atoms with van der Waals surface area (Å²) >= 11 is 0. The Hall–Kier alpha value is -0.920. The van der Waals surface area contributed by atoms with E-state index < -0.39 is 11.5 Å². The maximum absolute atomic E-state index is 10.5. The van der Waals surface area contributed by atoms with E-state index >= 15 is 0 Å². The van der Waals surface area contributed by atoms with E-state index in [9.17, 15) is 9.90 Å². The van der Waals surface area contributed by atoms with Crippen LogP contribution in [0.5, 0.6) is 0 Å². The van der Waals surface area contributed by atoms with E-state index in [-0.39, 0.29) is 11.0 Å². The molecule has 2 nitrogen and oxygen atoms in total. The standard InChI is InChI=1S/C5H2B2O2/c6-1-2-4(8)3(7)5(2)9/h1,8H/p-1. The summed E-state index contributed by atoms with van der Waals surface area (Å²) in [6.07, 6.45) is 0. The largest absolute Gasteiger partial charge is 0.872 e. The maximum Gasteiger partial charge on any atom is 0.176 e. The van der Waals surface area contributed by atoms with Crippen molar-refractivity contribution in [3.63, 3.8) is 0 Å². The van der Waals surface area contributed by atoms with Gasteiger partial charge in [0.25, 0.3) is 0 Å². The summed E-state index contributed by atoms with van der Waals surface area (Å²) in [7, 11) is 9.86. The lowest BCUT2D eigenvalue weighted by Gasteiger charge is -2.28. The van der Waals surface area contributed by atoms with E-state index in [1.807, 2.05) is 0 Å². The second kappa shape index (κ2) is 1.79. The van der Waals surface area contributed by atoms with Gasteiger partial charge < -0.3 is 5.11 Å². The van der Waals surface area contributed by atoms with Crippen LogP contribution in [0.2, 0.25) is 0 Å². The van der Waals surface area contributed by atoms with Gasteiger partial charge in [-0.1, -0.05) is 5.47 Å². The zero-order chi connectivity index (χ0) is 7.02. The van der Waals surface area contributed by atoms with Crippen LogP contribution in [-0.4, -0.2) is 21.5 Å². The van der Waals surface area contributed by atoms with Gasteiger partial charge in [0, 0.05) is 0 Å². The first-order valence-electron chi connectivity index (χ1n) is 2.32. The summed E-state index contributed by atoms with van der Waals surface area (Å²) in [6, 6.07) is 0. The second-order valence-corrected chi connectivity index (χ2v) is 1.65. The molecule has 0 saturated carbocycles. The van der Waals surface area contributed by atoms with Gasteiger partial charge in [-0.15, -0.1) is 11.7 Å². The Morgan fingerprint density at radius 3 is 2.33 bits per heavy atom. The van der Waals surface area contributed by atoms with E-state index in [4.69, 9.17) is 15.7 Å². The first-order valence-corrected chi connectivity index (χ1v) is 2.32. The molecule has 0 spiro atoms. The Morgan fingerprint density at radius 1 is 1.56 bits per heavy atom. The van der Waals surface area contributed by atoms with Gasteiger partial charge in [-0.2, -0.15) is 0 Å². The third-order valence-electron chi connectivity index (χ3n) is 1.15. The molecular weight excluding hydrogens is 114 g/mol. The van der Waals surface area contributed by atoms with Crippen LogP contribution >= 0.6 is 0 Å². The fourth-order valence-electron chi connectivity index (χ4n) is 0.585. The van der Waals surface area contributed by atoms with Gasteiger partial charge in [0.05, 0.1) is 0 Å². The van der Waals surface area contributed by atoms with Crippen molar-refractivity contribution in [2.75, 3.05) is 0 Å². The molecule has 1 aliphatic rings. The minimum Gasteiger partial charge on any atom is -0.872 e. The fraction of sp³-hybridized carbons (Fsp3) is 0. The van der Waals surface area contributed by atoms with Crippen LogP contribution in [0.1, 0.15) is 0 Å². The summed E-state index contributed by atoms with van der Waals surface area (Å²) in [4.78, 5) is 10.5. The smallest absolute Gasteiger partial charge is 0.176 e. The first kappa shape index (κ1) is 6.20. The molecular formula is C5HB2O2-. The Bertz CT molecular complexity index is 227. The molecule has 0 amide bonds. The van der Waals surface area contributed by atoms with Crippen molar-refractivity contribution in [2.45, 2.75) is 0 Å². The second-order valence-electron chi connectivity index (χ2n) is 1.65. The highest BCUT2D eigenvalue weighted by Gasteiger charge is 2.20. The van der Waals surface area contributed by atoms with Crippen molar-refractivity contribution in [3.8, 4) is 0 Å². The van der Waals surface area contributed by atoms with Gasteiger partial charge >= 0.3 is 0 Å². The minimum absolute atomic E-state index is 0.00694. The SMILES string of the molecule is [B]C=C1C(=O)C([B])=C1[O-]. The monoisotopic (exact) mass is 115 g/mol. The van der Waals surface area contributed by atoms with Crippen LogP contribution in [0, 0.1) is 0 Å². The van der Waals surface area contributed by atoms with Gasteiger partial charge in [-0.25, -0.2) is 0 Å². The quantitative estimate of drug-likeness (QED) is 0.280. The Balaban J connectivity index is 3.06. The molecule has 4 radical (unpaired) electrons. The molecule has 4 heteroatoms. The molecule has 0 bridgehead atoms. The zero-order valence-corrected chi connectivity index (χ0v) is 4.55. The number of Topliss-reactive ketones (excluding diaryl/α,β-unsaturated/α-hetero) is 1. The molecule has 9 heavy (non-hydrogen) atoms. The first-order chi connectivity index (χ1) is 4.18.